The number of benzene rings is 2. The Labute approximate surface area is 150 Å². The maximum Gasteiger partial charge on any atom is 0.204 e. The van der Waals surface area contributed by atoms with Crippen molar-refractivity contribution in [1.82, 2.24) is 20.2 Å². The molecule has 0 saturated carbocycles. The Morgan fingerprint density at radius 2 is 1.85 bits per heavy atom. The molecule has 132 valence electrons. The molecule has 0 fully saturated rings. The second-order valence-corrected chi connectivity index (χ2v) is 6.14. The van der Waals surface area contributed by atoms with E-state index in [0.29, 0.717) is 36.1 Å². The van der Waals surface area contributed by atoms with Gasteiger partial charge >= 0.3 is 0 Å². The van der Waals surface area contributed by atoms with E-state index in [4.69, 9.17) is 9.47 Å². The number of nitrogens with zero attached hydrogens (tertiary/aromatic N) is 4. The first-order chi connectivity index (χ1) is 12.7. The van der Waals surface area contributed by atoms with Gasteiger partial charge in [-0.2, -0.15) is 4.80 Å². The number of hydrogen-bond donors (Lipinski definition) is 0. The van der Waals surface area contributed by atoms with E-state index < -0.39 is 0 Å². The number of carbonyl (C=O) groups is 1. The average Bonchev–Trinajstić information content (AvgIpc) is 2.98. The summed E-state index contributed by atoms with van der Waals surface area (Å²) in [6.45, 7) is 3.22. The molecule has 4 rings (SSSR count). The Kier molecular flexibility index (Phi) is 4.35. The van der Waals surface area contributed by atoms with Crippen molar-refractivity contribution < 1.29 is 14.3 Å². The van der Waals surface area contributed by atoms with Crippen LogP contribution in [0.25, 0.3) is 11.4 Å². The predicted molar refractivity (Wildman–Crippen MR) is 94.4 cm³/mol. The van der Waals surface area contributed by atoms with E-state index >= 15 is 0 Å². The second kappa shape index (κ2) is 6.95. The lowest BCUT2D eigenvalue weighted by atomic mass is 10.1. The molecule has 0 saturated heterocycles. The molecule has 26 heavy (non-hydrogen) atoms. The number of tetrazole rings is 1. The van der Waals surface area contributed by atoms with E-state index in [1.165, 1.54) is 4.80 Å². The van der Waals surface area contributed by atoms with Crippen molar-refractivity contribution >= 4 is 5.78 Å². The number of hydrogen-bond acceptors (Lipinski definition) is 6. The molecule has 2 heterocycles. The number of rotatable bonds is 4. The van der Waals surface area contributed by atoms with Gasteiger partial charge in [-0.3, -0.25) is 4.79 Å². The fourth-order valence-electron chi connectivity index (χ4n) is 2.68. The Balaban J connectivity index is 1.50. The minimum atomic E-state index is -0.117. The molecule has 7 nitrogen and oxygen atoms in total. The highest BCUT2D eigenvalue weighted by atomic mass is 16.5. The van der Waals surface area contributed by atoms with E-state index in [1.54, 1.807) is 18.2 Å². The molecule has 0 aliphatic carbocycles. The summed E-state index contributed by atoms with van der Waals surface area (Å²) in [5.41, 5.74) is 2.55. The smallest absolute Gasteiger partial charge is 0.204 e. The first-order valence-electron chi connectivity index (χ1n) is 8.47. The van der Waals surface area contributed by atoms with E-state index in [9.17, 15) is 4.79 Å². The van der Waals surface area contributed by atoms with Crippen LogP contribution in [-0.4, -0.2) is 39.2 Å². The summed E-state index contributed by atoms with van der Waals surface area (Å²) in [5, 5.41) is 12.3. The normalized spacial score (nSPS) is 13.3. The lowest BCUT2D eigenvalue weighted by Crippen LogP contribution is -2.13. The summed E-state index contributed by atoms with van der Waals surface area (Å²) in [6, 6.07) is 13.0. The van der Waals surface area contributed by atoms with Gasteiger partial charge in [-0.1, -0.05) is 29.8 Å². The molecule has 0 bridgehead atoms. The first-order valence-corrected chi connectivity index (χ1v) is 8.47. The highest BCUT2D eigenvalue weighted by Crippen LogP contribution is 2.30. The monoisotopic (exact) mass is 350 g/mol. The third kappa shape index (κ3) is 3.42. The maximum atomic E-state index is 12.6. The Bertz CT molecular complexity index is 934. The number of fused-ring (bicyclic) bond motifs is 1. The number of aromatic nitrogens is 4. The van der Waals surface area contributed by atoms with Crippen molar-refractivity contribution in [3.8, 4) is 22.9 Å². The van der Waals surface area contributed by atoms with Crippen molar-refractivity contribution in [2.24, 2.45) is 0 Å². The van der Waals surface area contributed by atoms with Crippen LogP contribution in [0.15, 0.2) is 42.5 Å². The van der Waals surface area contributed by atoms with Crippen molar-refractivity contribution in [3.05, 3.63) is 53.6 Å². The maximum absolute atomic E-state index is 12.6. The zero-order valence-electron chi connectivity index (χ0n) is 14.4. The predicted octanol–water partition coefficient (Wildman–Crippen LogP) is 2.69. The van der Waals surface area contributed by atoms with Crippen molar-refractivity contribution in [2.75, 3.05) is 13.2 Å². The van der Waals surface area contributed by atoms with Gasteiger partial charge in [0.05, 0.1) is 13.2 Å². The summed E-state index contributed by atoms with van der Waals surface area (Å²) in [7, 11) is 0. The zero-order valence-corrected chi connectivity index (χ0v) is 14.4. The summed E-state index contributed by atoms with van der Waals surface area (Å²) in [4.78, 5) is 13.9. The van der Waals surface area contributed by atoms with Gasteiger partial charge in [-0.25, -0.2) is 0 Å². The lowest BCUT2D eigenvalue weighted by Gasteiger charge is -2.08. The van der Waals surface area contributed by atoms with Crippen LogP contribution in [0, 0.1) is 6.92 Å². The fraction of sp³-hybridized carbons (Fsp3) is 0.263. The molecule has 2 aromatic carbocycles. The number of carbonyl (C=O) groups excluding carboxylic acids is 1. The standard InChI is InChI=1S/C19H18N4O3/c1-13-3-5-14(6-4-13)19-20-22-23(21-19)12-16(24)15-7-8-17-18(11-15)26-10-2-9-25-17/h3-8,11H,2,9-10,12H2,1H3. The van der Waals surface area contributed by atoms with Crippen molar-refractivity contribution in [3.63, 3.8) is 0 Å². The highest BCUT2D eigenvalue weighted by molar-refractivity contribution is 5.96. The van der Waals surface area contributed by atoms with Crippen LogP contribution < -0.4 is 9.47 Å². The number of Topliss-reactive ketones (excluding diaryl/α,β-unsaturated/α-hetero) is 1. The van der Waals surface area contributed by atoms with Gasteiger partial charge < -0.3 is 9.47 Å². The van der Waals surface area contributed by atoms with Gasteiger partial charge in [-0.15, -0.1) is 10.2 Å². The Morgan fingerprint density at radius 3 is 2.65 bits per heavy atom. The topological polar surface area (TPSA) is 79.1 Å². The van der Waals surface area contributed by atoms with Gasteiger partial charge in [0, 0.05) is 17.5 Å². The number of ketones is 1. The average molecular weight is 350 g/mol. The molecule has 0 amide bonds. The number of ether oxygens (including phenoxy) is 2. The SMILES string of the molecule is Cc1ccc(-c2nnn(CC(=O)c3ccc4c(c3)OCCCO4)n2)cc1. The van der Waals surface area contributed by atoms with Crippen LogP contribution in [0.2, 0.25) is 0 Å². The van der Waals surface area contributed by atoms with E-state index in [1.807, 2.05) is 31.2 Å². The van der Waals surface area contributed by atoms with Crippen molar-refractivity contribution in [2.45, 2.75) is 19.9 Å². The highest BCUT2D eigenvalue weighted by Gasteiger charge is 2.16. The molecule has 0 unspecified atom stereocenters. The Morgan fingerprint density at radius 1 is 1.08 bits per heavy atom. The van der Waals surface area contributed by atoms with Crippen LogP contribution >= 0.6 is 0 Å². The molecule has 1 aliphatic rings. The van der Waals surface area contributed by atoms with Gasteiger partial charge in [0.2, 0.25) is 5.82 Å². The molecule has 3 aromatic rings. The fourth-order valence-corrected chi connectivity index (χ4v) is 2.68. The van der Waals surface area contributed by atoms with E-state index in [-0.39, 0.29) is 12.3 Å². The summed E-state index contributed by atoms with van der Waals surface area (Å²) in [6.07, 6.45) is 0.822. The van der Waals surface area contributed by atoms with Gasteiger partial charge in [0.1, 0.15) is 6.54 Å². The Hall–Kier alpha value is -3.22. The van der Waals surface area contributed by atoms with Crippen LogP contribution in [0.5, 0.6) is 11.5 Å². The van der Waals surface area contributed by atoms with E-state index in [2.05, 4.69) is 15.4 Å². The quantitative estimate of drug-likeness (QED) is 0.673. The summed E-state index contributed by atoms with van der Waals surface area (Å²) in [5.74, 6) is 1.64. The second-order valence-electron chi connectivity index (χ2n) is 6.14. The molecule has 0 spiro atoms. The third-order valence-corrected chi connectivity index (χ3v) is 4.12. The van der Waals surface area contributed by atoms with Crippen molar-refractivity contribution in [1.29, 1.82) is 0 Å². The van der Waals surface area contributed by atoms with E-state index in [0.717, 1.165) is 17.5 Å². The van der Waals surface area contributed by atoms with Crippen LogP contribution in [0.3, 0.4) is 0 Å². The minimum Gasteiger partial charge on any atom is -0.490 e. The van der Waals surface area contributed by atoms with Gasteiger partial charge in [0.15, 0.2) is 17.3 Å². The van der Waals surface area contributed by atoms with Crippen LogP contribution in [0.1, 0.15) is 22.3 Å². The van der Waals surface area contributed by atoms with Crippen LogP contribution in [0.4, 0.5) is 0 Å². The number of aryl methyl sites for hydroxylation is 1. The van der Waals surface area contributed by atoms with Gasteiger partial charge in [0.25, 0.3) is 0 Å². The summed E-state index contributed by atoms with van der Waals surface area (Å²) >= 11 is 0. The first kappa shape index (κ1) is 16.3. The summed E-state index contributed by atoms with van der Waals surface area (Å²) < 4.78 is 11.2. The largest absolute Gasteiger partial charge is 0.490 e. The third-order valence-electron chi connectivity index (χ3n) is 4.12. The molecular formula is C19H18N4O3. The molecule has 7 heteroatoms. The molecule has 1 aliphatic heterocycles. The zero-order chi connectivity index (χ0) is 17.9. The molecule has 1 aromatic heterocycles. The molecule has 0 N–H and O–H groups in total. The molecule has 0 radical (unpaired) electrons. The molecular weight excluding hydrogens is 332 g/mol. The lowest BCUT2D eigenvalue weighted by molar-refractivity contribution is 0.0961. The van der Waals surface area contributed by atoms with Gasteiger partial charge in [-0.05, 0) is 30.3 Å². The minimum absolute atomic E-state index is 0.0124. The molecule has 0 atom stereocenters. The van der Waals surface area contributed by atoms with Crippen LogP contribution in [-0.2, 0) is 6.54 Å².